The van der Waals surface area contributed by atoms with E-state index in [9.17, 15) is 22.6 Å². The summed E-state index contributed by atoms with van der Waals surface area (Å²) >= 11 is 0. The maximum atomic E-state index is 10.3. The van der Waals surface area contributed by atoms with Crippen LogP contribution in [0.15, 0.2) is 0 Å². The summed E-state index contributed by atoms with van der Waals surface area (Å²) in [6.07, 6.45) is -1.98. The van der Waals surface area contributed by atoms with Gasteiger partial charge in [0, 0.05) is 0 Å². The number of carboxylic acid groups (broad SMARTS) is 2. The molecule has 76 valence electrons. The standard InChI is InChI=1S/C5H8O7S.Na/c6-4(7)1-3(2-5(8)9)13(10,11)12;/h3H,1-2H2,(H,6,7)(H,8,9)(H,10,11,12);/q;+1/p-1. The maximum absolute atomic E-state index is 10.3. The fourth-order valence-electron chi connectivity index (χ4n) is 0.666. The van der Waals surface area contributed by atoms with E-state index in [0.717, 1.165) is 0 Å². The molecule has 0 aromatic rings. The number of hydrogen-bond donors (Lipinski definition) is 2. The Morgan fingerprint density at radius 2 is 1.43 bits per heavy atom. The van der Waals surface area contributed by atoms with E-state index in [4.69, 9.17) is 10.2 Å². The van der Waals surface area contributed by atoms with Crippen molar-refractivity contribution in [2.75, 3.05) is 0 Å². The summed E-state index contributed by atoms with van der Waals surface area (Å²) in [5.41, 5.74) is 0. The molecular weight excluding hydrogens is 227 g/mol. The Morgan fingerprint density at radius 1 is 1.14 bits per heavy atom. The molecule has 0 aliphatic heterocycles. The molecule has 0 radical (unpaired) electrons. The summed E-state index contributed by atoms with van der Waals surface area (Å²) < 4.78 is 31.0. The fourth-order valence-corrected chi connectivity index (χ4v) is 1.36. The molecule has 9 heteroatoms. The predicted octanol–water partition coefficient (Wildman–Crippen LogP) is -4.15. The van der Waals surface area contributed by atoms with E-state index in [1.54, 1.807) is 0 Å². The number of rotatable bonds is 5. The van der Waals surface area contributed by atoms with Gasteiger partial charge in [0.1, 0.15) is 0 Å². The van der Waals surface area contributed by atoms with Crippen molar-refractivity contribution in [3.63, 3.8) is 0 Å². The molecule has 0 saturated heterocycles. The van der Waals surface area contributed by atoms with Gasteiger partial charge in [-0.15, -0.1) is 0 Å². The van der Waals surface area contributed by atoms with Gasteiger partial charge in [-0.1, -0.05) is 0 Å². The zero-order valence-corrected chi connectivity index (χ0v) is 10.2. The van der Waals surface area contributed by atoms with E-state index in [-0.39, 0.29) is 29.6 Å². The molecule has 0 aliphatic carbocycles. The SMILES string of the molecule is O=C(O)CC(CC(=O)O)S(=O)(=O)[O-].[Na+]. The van der Waals surface area contributed by atoms with Gasteiger partial charge < -0.3 is 14.8 Å². The average molecular weight is 234 g/mol. The molecule has 0 unspecified atom stereocenters. The minimum Gasteiger partial charge on any atom is -0.748 e. The van der Waals surface area contributed by atoms with Crippen LogP contribution in [0.2, 0.25) is 0 Å². The Labute approximate surface area is 102 Å². The van der Waals surface area contributed by atoms with Crippen molar-refractivity contribution in [3.8, 4) is 0 Å². The largest absolute Gasteiger partial charge is 1.00 e. The molecule has 0 rings (SSSR count). The summed E-state index contributed by atoms with van der Waals surface area (Å²) in [7, 11) is -4.87. The molecule has 7 nitrogen and oxygen atoms in total. The van der Waals surface area contributed by atoms with Gasteiger partial charge >= 0.3 is 41.5 Å². The van der Waals surface area contributed by atoms with Crippen LogP contribution in [0, 0.1) is 0 Å². The summed E-state index contributed by atoms with van der Waals surface area (Å²) in [5.74, 6) is -3.05. The minimum atomic E-state index is -4.87. The Morgan fingerprint density at radius 3 is 1.57 bits per heavy atom. The second kappa shape index (κ2) is 6.36. The number of carbonyl (C=O) groups is 2. The van der Waals surface area contributed by atoms with Crippen LogP contribution in [0.3, 0.4) is 0 Å². The second-order valence-electron chi connectivity index (χ2n) is 2.31. The van der Waals surface area contributed by atoms with E-state index in [2.05, 4.69) is 0 Å². The van der Waals surface area contributed by atoms with Gasteiger partial charge in [0.2, 0.25) is 0 Å². The van der Waals surface area contributed by atoms with Crippen LogP contribution < -0.4 is 29.6 Å². The van der Waals surface area contributed by atoms with Crippen molar-refractivity contribution in [3.05, 3.63) is 0 Å². The van der Waals surface area contributed by atoms with Gasteiger partial charge in [0.05, 0.1) is 28.2 Å². The molecule has 0 fully saturated rings. The average Bonchev–Trinajstić information content (AvgIpc) is 1.81. The van der Waals surface area contributed by atoms with E-state index >= 15 is 0 Å². The molecule has 0 spiro atoms. The Hall–Kier alpha value is -0.150. The number of aliphatic carboxylic acids is 2. The third-order valence-electron chi connectivity index (χ3n) is 1.21. The zero-order valence-electron chi connectivity index (χ0n) is 7.34. The van der Waals surface area contributed by atoms with Crippen LogP contribution in [0.4, 0.5) is 0 Å². The molecule has 14 heavy (non-hydrogen) atoms. The third kappa shape index (κ3) is 7.27. The van der Waals surface area contributed by atoms with Crippen LogP contribution >= 0.6 is 0 Å². The van der Waals surface area contributed by atoms with E-state index in [0.29, 0.717) is 0 Å². The molecule has 0 aromatic heterocycles. The van der Waals surface area contributed by atoms with E-state index < -0.39 is 40.1 Å². The summed E-state index contributed by atoms with van der Waals surface area (Å²) in [6, 6.07) is 0. The molecule has 0 saturated carbocycles. The van der Waals surface area contributed by atoms with Crippen LogP contribution in [0.1, 0.15) is 12.8 Å². The monoisotopic (exact) mass is 234 g/mol. The first kappa shape index (κ1) is 16.3. The quantitative estimate of drug-likeness (QED) is 0.364. The Bertz CT molecular complexity index is 292. The molecule has 0 aromatic carbocycles. The van der Waals surface area contributed by atoms with Crippen molar-refractivity contribution in [1.29, 1.82) is 0 Å². The van der Waals surface area contributed by atoms with Crippen molar-refractivity contribution < 1.29 is 62.3 Å². The van der Waals surface area contributed by atoms with E-state index in [1.165, 1.54) is 0 Å². The van der Waals surface area contributed by atoms with Crippen LogP contribution in [0.25, 0.3) is 0 Å². The molecule has 0 atom stereocenters. The topological polar surface area (TPSA) is 132 Å². The first-order valence-electron chi connectivity index (χ1n) is 3.11. The predicted molar refractivity (Wildman–Crippen MR) is 38.0 cm³/mol. The van der Waals surface area contributed by atoms with Crippen molar-refractivity contribution in [2.24, 2.45) is 0 Å². The van der Waals surface area contributed by atoms with Crippen LogP contribution in [-0.4, -0.2) is 40.4 Å². The molecule has 0 amide bonds. The molecular formula is C5H7NaO7S. The molecule has 2 N–H and O–H groups in total. The molecule has 0 aliphatic rings. The van der Waals surface area contributed by atoms with Gasteiger partial charge in [-0.25, -0.2) is 8.42 Å². The first-order chi connectivity index (χ1) is 5.73. The smallest absolute Gasteiger partial charge is 0.748 e. The second-order valence-corrected chi connectivity index (χ2v) is 3.96. The summed E-state index contributed by atoms with van der Waals surface area (Å²) in [5, 5.41) is 14.4. The zero-order chi connectivity index (χ0) is 10.6. The molecule has 0 bridgehead atoms. The third-order valence-corrected chi connectivity index (χ3v) is 2.36. The Kier molecular flexibility index (Phi) is 7.39. The van der Waals surface area contributed by atoms with Gasteiger partial charge in [-0.05, 0) is 0 Å². The van der Waals surface area contributed by atoms with Gasteiger partial charge in [0.15, 0.2) is 0 Å². The van der Waals surface area contributed by atoms with Gasteiger partial charge in [-0.3, -0.25) is 9.59 Å². The summed E-state index contributed by atoms with van der Waals surface area (Å²) in [4.78, 5) is 20.1. The van der Waals surface area contributed by atoms with Gasteiger partial charge in [-0.2, -0.15) is 0 Å². The molecule has 0 heterocycles. The van der Waals surface area contributed by atoms with E-state index in [1.807, 2.05) is 0 Å². The van der Waals surface area contributed by atoms with Crippen LogP contribution in [-0.2, 0) is 19.7 Å². The normalized spacial score (nSPS) is 10.7. The van der Waals surface area contributed by atoms with Gasteiger partial charge in [0.25, 0.3) is 0 Å². The van der Waals surface area contributed by atoms with Crippen molar-refractivity contribution >= 4 is 22.1 Å². The first-order valence-corrected chi connectivity index (χ1v) is 4.59. The summed E-state index contributed by atoms with van der Waals surface area (Å²) in [6.45, 7) is 0. The van der Waals surface area contributed by atoms with Crippen molar-refractivity contribution in [2.45, 2.75) is 18.1 Å². The fraction of sp³-hybridized carbons (Fsp3) is 0.600. The van der Waals surface area contributed by atoms with Crippen molar-refractivity contribution in [1.82, 2.24) is 0 Å². The minimum absolute atomic E-state index is 0. The Balaban J connectivity index is 0. The number of hydrogen-bond acceptors (Lipinski definition) is 5. The maximum Gasteiger partial charge on any atom is 1.00 e. The van der Waals surface area contributed by atoms with Crippen LogP contribution in [0.5, 0.6) is 0 Å². The number of carboxylic acids is 2.